The lowest BCUT2D eigenvalue weighted by molar-refractivity contribution is 0.285. The highest BCUT2D eigenvalue weighted by Crippen LogP contribution is 2.29. The van der Waals surface area contributed by atoms with Crippen molar-refractivity contribution in [2.45, 2.75) is 37.5 Å². The number of sulfonamides is 1. The summed E-state index contributed by atoms with van der Waals surface area (Å²) in [5.74, 6) is 1.94. The molecule has 0 aliphatic rings. The van der Waals surface area contributed by atoms with Gasteiger partial charge in [0, 0.05) is 6.07 Å². The Hall–Kier alpha value is -2.94. The van der Waals surface area contributed by atoms with Crippen LogP contribution in [0, 0.1) is 0 Å². The van der Waals surface area contributed by atoms with E-state index in [1.165, 1.54) is 51.5 Å². The van der Waals surface area contributed by atoms with Crippen molar-refractivity contribution < 1.29 is 27.4 Å². The Morgan fingerprint density at radius 1 is 0.871 bits per heavy atom. The Balaban J connectivity index is 2.04. The second-order valence-corrected chi connectivity index (χ2v) is 8.35. The average Bonchev–Trinajstić information content (AvgIpc) is 2.78. The summed E-state index contributed by atoms with van der Waals surface area (Å²) in [5.41, 5.74) is 0.658. The molecule has 0 aromatic heterocycles. The normalized spacial score (nSPS) is 11.4. The van der Waals surface area contributed by atoms with Crippen molar-refractivity contribution in [3.8, 4) is 23.0 Å². The second-order valence-electron chi connectivity index (χ2n) is 6.69. The summed E-state index contributed by atoms with van der Waals surface area (Å²) in [7, 11) is 0.599. The van der Waals surface area contributed by atoms with Gasteiger partial charge in [-0.05, 0) is 42.3 Å². The maximum atomic E-state index is 12.5. The van der Waals surface area contributed by atoms with E-state index in [2.05, 4.69) is 16.9 Å². The average molecular weight is 451 g/mol. The smallest absolute Gasteiger partial charge is 0.276 e. The molecule has 2 aromatic carbocycles. The van der Waals surface area contributed by atoms with E-state index in [1.807, 2.05) is 0 Å². The molecule has 0 unspecified atom stereocenters. The van der Waals surface area contributed by atoms with E-state index in [0.717, 1.165) is 12.8 Å². The maximum Gasteiger partial charge on any atom is 0.276 e. The lowest BCUT2D eigenvalue weighted by atomic mass is 10.2. The Morgan fingerprint density at radius 3 is 2.23 bits per heavy atom. The largest absolute Gasteiger partial charge is 0.493 e. The van der Waals surface area contributed by atoms with Crippen molar-refractivity contribution in [2.24, 2.45) is 5.10 Å². The van der Waals surface area contributed by atoms with Gasteiger partial charge < -0.3 is 18.9 Å². The van der Waals surface area contributed by atoms with Crippen LogP contribution < -0.4 is 23.8 Å². The predicted octanol–water partition coefficient (Wildman–Crippen LogP) is 3.98. The van der Waals surface area contributed by atoms with Crippen molar-refractivity contribution >= 4 is 16.2 Å². The van der Waals surface area contributed by atoms with Gasteiger partial charge >= 0.3 is 0 Å². The minimum atomic E-state index is -3.87. The first kappa shape index (κ1) is 24.3. The molecule has 8 nitrogen and oxygen atoms in total. The lowest BCUT2D eigenvalue weighted by Crippen LogP contribution is -2.18. The molecule has 1 N–H and O–H groups in total. The summed E-state index contributed by atoms with van der Waals surface area (Å²) in [6, 6.07) is 9.58. The fraction of sp³-hybridized carbons (Fsp3) is 0.409. The first-order chi connectivity index (χ1) is 14.9. The Labute approximate surface area is 184 Å². The Morgan fingerprint density at radius 2 is 1.55 bits per heavy atom. The Bertz CT molecular complexity index is 976. The molecule has 0 amide bonds. The van der Waals surface area contributed by atoms with Crippen LogP contribution in [0.15, 0.2) is 46.4 Å². The molecule has 0 aliphatic heterocycles. The van der Waals surface area contributed by atoms with Crippen LogP contribution in [-0.2, 0) is 10.0 Å². The van der Waals surface area contributed by atoms with Gasteiger partial charge in [0.2, 0.25) is 0 Å². The number of rotatable bonds is 13. The molecule has 0 saturated carbocycles. The summed E-state index contributed by atoms with van der Waals surface area (Å²) >= 11 is 0. The third-order valence-corrected chi connectivity index (χ3v) is 5.72. The van der Waals surface area contributed by atoms with E-state index in [0.29, 0.717) is 35.2 Å². The fourth-order valence-corrected chi connectivity index (χ4v) is 3.61. The number of nitrogens with one attached hydrogen (secondary N) is 1. The minimum Gasteiger partial charge on any atom is -0.493 e. The molecule has 0 atom stereocenters. The SMILES string of the molecule is CCCCCCOc1ccc(/C=N/NS(=O)(=O)c2ccc(OC)c(OC)c2)cc1OC. The third kappa shape index (κ3) is 7.06. The van der Waals surface area contributed by atoms with Crippen LogP contribution in [0.5, 0.6) is 23.0 Å². The third-order valence-electron chi connectivity index (χ3n) is 4.49. The van der Waals surface area contributed by atoms with Crippen molar-refractivity contribution in [1.82, 2.24) is 4.83 Å². The molecule has 0 radical (unpaired) electrons. The number of unbranched alkanes of at least 4 members (excludes halogenated alkanes) is 3. The van der Waals surface area contributed by atoms with E-state index in [4.69, 9.17) is 18.9 Å². The molecule has 0 aliphatic carbocycles. The number of nitrogens with zero attached hydrogens (tertiary/aromatic N) is 1. The van der Waals surface area contributed by atoms with Gasteiger partial charge in [-0.25, -0.2) is 4.83 Å². The molecule has 2 aromatic rings. The molecule has 0 spiro atoms. The standard InChI is InChI=1S/C22H30N2O6S/c1-5-6-7-8-13-30-20-11-9-17(14-21(20)28-3)16-23-24-31(25,26)18-10-12-19(27-2)22(15-18)29-4/h9-12,14-16,24H,5-8,13H2,1-4H3/b23-16+. The van der Waals surface area contributed by atoms with Gasteiger partial charge in [-0.3, -0.25) is 0 Å². The summed E-state index contributed by atoms with van der Waals surface area (Å²) < 4.78 is 46.4. The molecule has 0 heterocycles. The summed E-state index contributed by atoms with van der Waals surface area (Å²) in [4.78, 5) is 2.20. The van der Waals surface area contributed by atoms with Gasteiger partial charge in [-0.15, -0.1) is 0 Å². The van der Waals surface area contributed by atoms with Crippen LogP contribution in [0.2, 0.25) is 0 Å². The van der Waals surface area contributed by atoms with E-state index in [9.17, 15) is 8.42 Å². The van der Waals surface area contributed by atoms with Gasteiger partial charge in [0.05, 0.1) is 39.0 Å². The molecule has 0 fully saturated rings. The van der Waals surface area contributed by atoms with E-state index in [-0.39, 0.29) is 4.90 Å². The highest BCUT2D eigenvalue weighted by Gasteiger charge is 2.16. The summed E-state index contributed by atoms with van der Waals surface area (Å²) in [6.45, 7) is 2.78. The van der Waals surface area contributed by atoms with Gasteiger partial charge in [0.25, 0.3) is 10.0 Å². The molecule has 31 heavy (non-hydrogen) atoms. The van der Waals surface area contributed by atoms with Crippen LogP contribution in [0.1, 0.15) is 38.2 Å². The molecule has 2 rings (SSSR count). The van der Waals surface area contributed by atoms with Crippen LogP contribution in [0.3, 0.4) is 0 Å². The fourth-order valence-electron chi connectivity index (χ4n) is 2.80. The van der Waals surface area contributed by atoms with E-state index < -0.39 is 10.0 Å². The van der Waals surface area contributed by atoms with Gasteiger partial charge in [-0.1, -0.05) is 26.2 Å². The van der Waals surface area contributed by atoms with Crippen molar-refractivity contribution in [3.63, 3.8) is 0 Å². The zero-order chi connectivity index (χ0) is 22.7. The van der Waals surface area contributed by atoms with Crippen LogP contribution in [0.4, 0.5) is 0 Å². The van der Waals surface area contributed by atoms with Crippen LogP contribution in [0.25, 0.3) is 0 Å². The van der Waals surface area contributed by atoms with Gasteiger partial charge in [-0.2, -0.15) is 13.5 Å². The number of hydrogen-bond acceptors (Lipinski definition) is 7. The molecule has 0 saturated heterocycles. The minimum absolute atomic E-state index is 0.00621. The summed E-state index contributed by atoms with van der Waals surface area (Å²) in [5, 5.41) is 3.86. The first-order valence-electron chi connectivity index (χ1n) is 10.0. The second kappa shape index (κ2) is 12.0. The van der Waals surface area contributed by atoms with E-state index >= 15 is 0 Å². The quantitative estimate of drug-likeness (QED) is 0.282. The van der Waals surface area contributed by atoms with E-state index in [1.54, 1.807) is 25.3 Å². The van der Waals surface area contributed by atoms with Crippen molar-refractivity contribution in [2.75, 3.05) is 27.9 Å². The number of hydrazone groups is 1. The van der Waals surface area contributed by atoms with Gasteiger partial charge in [0.15, 0.2) is 23.0 Å². The van der Waals surface area contributed by atoms with Crippen LogP contribution >= 0.6 is 0 Å². The molecular weight excluding hydrogens is 420 g/mol. The van der Waals surface area contributed by atoms with Crippen molar-refractivity contribution in [1.29, 1.82) is 0 Å². The number of methoxy groups -OCH3 is 3. The maximum absolute atomic E-state index is 12.5. The summed E-state index contributed by atoms with van der Waals surface area (Å²) in [6.07, 6.45) is 5.87. The van der Waals surface area contributed by atoms with Crippen LogP contribution in [-0.4, -0.2) is 42.6 Å². The predicted molar refractivity (Wildman–Crippen MR) is 120 cm³/mol. The van der Waals surface area contributed by atoms with Crippen molar-refractivity contribution in [3.05, 3.63) is 42.0 Å². The molecule has 0 bridgehead atoms. The molecular formula is C22H30N2O6S. The number of hydrogen-bond donors (Lipinski definition) is 1. The molecule has 9 heteroatoms. The topological polar surface area (TPSA) is 95.5 Å². The molecule has 170 valence electrons. The van der Waals surface area contributed by atoms with Gasteiger partial charge in [0.1, 0.15) is 0 Å². The number of ether oxygens (including phenoxy) is 4. The zero-order valence-corrected chi connectivity index (χ0v) is 19.2. The monoisotopic (exact) mass is 450 g/mol. The first-order valence-corrected chi connectivity index (χ1v) is 11.5. The zero-order valence-electron chi connectivity index (χ0n) is 18.4. The lowest BCUT2D eigenvalue weighted by Gasteiger charge is -2.11. The Kier molecular flexibility index (Phi) is 9.45. The number of benzene rings is 2. The highest BCUT2D eigenvalue weighted by molar-refractivity contribution is 7.89. The highest BCUT2D eigenvalue weighted by atomic mass is 32.2.